The lowest BCUT2D eigenvalue weighted by Crippen LogP contribution is -2.49. The Kier molecular flexibility index (Phi) is 10.5. The van der Waals surface area contributed by atoms with E-state index in [2.05, 4.69) is 20.6 Å². The Morgan fingerprint density at radius 2 is 1.79 bits per heavy atom. The topological polar surface area (TPSA) is 132 Å². The zero-order chi connectivity index (χ0) is 34.7. The molecule has 2 aromatic heterocycles. The molecule has 1 fully saturated rings. The summed E-state index contributed by atoms with van der Waals surface area (Å²) in [6.45, 7) is 7.61. The number of carbonyl (C=O) groups is 3. The molecule has 0 saturated carbocycles. The lowest BCUT2D eigenvalue weighted by Gasteiger charge is -2.37. The largest absolute Gasteiger partial charge is 0.456 e. The Bertz CT molecular complexity index is 1710. The zero-order valence-corrected chi connectivity index (χ0v) is 27.9. The summed E-state index contributed by atoms with van der Waals surface area (Å²) >= 11 is 0.730. The molecule has 5 rings (SSSR count). The predicted molar refractivity (Wildman–Crippen MR) is 172 cm³/mol. The smallest absolute Gasteiger partial charge is 0.407 e. The number of aromatic nitrogens is 2. The monoisotopic (exact) mass is 687 g/mol. The minimum absolute atomic E-state index is 0.124. The summed E-state index contributed by atoms with van der Waals surface area (Å²) in [6.07, 6.45) is 2.71. The highest BCUT2D eigenvalue weighted by molar-refractivity contribution is 7.94. The second kappa shape index (κ2) is 14.4. The number of carbonyl (C=O) groups excluding carboxylic acids is 3. The van der Waals surface area contributed by atoms with Crippen molar-refractivity contribution >= 4 is 41.4 Å². The first kappa shape index (κ1) is 35.0. The van der Waals surface area contributed by atoms with Crippen molar-refractivity contribution in [2.75, 3.05) is 30.4 Å². The summed E-state index contributed by atoms with van der Waals surface area (Å²) in [4.78, 5) is 48.7. The van der Waals surface area contributed by atoms with E-state index in [0.29, 0.717) is 55.8 Å². The average molecular weight is 688 g/mol. The van der Waals surface area contributed by atoms with Crippen LogP contribution >= 0.6 is 12.0 Å². The number of ether oxygens (including phenoxy) is 2. The number of rotatable bonds is 8. The van der Waals surface area contributed by atoms with E-state index in [-0.39, 0.29) is 16.6 Å². The van der Waals surface area contributed by atoms with Gasteiger partial charge in [-0.2, -0.15) is 0 Å². The van der Waals surface area contributed by atoms with Crippen LogP contribution in [0, 0.1) is 17.5 Å². The number of anilines is 2. The molecule has 1 saturated heterocycles. The maximum atomic E-state index is 15.0. The molecule has 0 bridgehead atoms. The first-order valence-corrected chi connectivity index (χ1v) is 16.1. The number of alkyl carbamates (subject to hydrolysis) is 1. The van der Waals surface area contributed by atoms with Crippen LogP contribution in [0.5, 0.6) is 0 Å². The van der Waals surface area contributed by atoms with Gasteiger partial charge in [0.05, 0.1) is 35.9 Å². The van der Waals surface area contributed by atoms with Gasteiger partial charge in [0.2, 0.25) is 0 Å². The third-order valence-electron chi connectivity index (χ3n) is 7.67. The highest BCUT2D eigenvalue weighted by atomic mass is 32.2. The van der Waals surface area contributed by atoms with E-state index in [9.17, 15) is 27.6 Å². The molecule has 15 heteroatoms. The molecule has 2 amide bonds. The van der Waals surface area contributed by atoms with E-state index >= 15 is 0 Å². The molecular weight excluding hydrogens is 651 g/mol. The van der Waals surface area contributed by atoms with Gasteiger partial charge in [0, 0.05) is 48.6 Å². The molecule has 11 nitrogen and oxygen atoms in total. The minimum atomic E-state index is -1.08. The Hall–Kier alpha value is -4.37. The van der Waals surface area contributed by atoms with Gasteiger partial charge < -0.3 is 29.2 Å². The normalized spacial score (nSPS) is 17.5. The summed E-state index contributed by atoms with van der Waals surface area (Å²) in [5, 5.41) is 5.71. The number of hydrogen-bond acceptors (Lipinski definition) is 10. The summed E-state index contributed by atoms with van der Waals surface area (Å²) in [5.41, 5.74) is -0.118. The van der Waals surface area contributed by atoms with Gasteiger partial charge >= 0.3 is 12.1 Å². The Morgan fingerprint density at radius 3 is 2.46 bits per heavy atom. The molecule has 2 N–H and O–H groups in total. The number of nitrogens with zero attached hydrogens (tertiary/aromatic N) is 3. The van der Waals surface area contributed by atoms with E-state index in [0.717, 1.165) is 41.9 Å². The number of nitrogens with one attached hydrogen (secondary N) is 2. The van der Waals surface area contributed by atoms with Gasteiger partial charge in [-0.15, -0.1) is 0 Å². The van der Waals surface area contributed by atoms with E-state index in [1.165, 1.54) is 20.2 Å². The van der Waals surface area contributed by atoms with Crippen molar-refractivity contribution in [1.29, 1.82) is 0 Å². The van der Waals surface area contributed by atoms with Crippen molar-refractivity contribution in [2.45, 2.75) is 76.0 Å². The van der Waals surface area contributed by atoms with E-state index in [1.54, 1.807) is 20.8 Å². The van der Waals surface area contributed by atoms with Crippen molar-refractivity contribution in [3.05, 3.63) is 64.9 Å². The van der Waals surface area contributed by atoms with Crippen LogP contribution in [0.1, 0.15) is 74.8 Å². The van der Waals surface area contributed by atoms with Crippen LogP contribution in [0.3, 0.4) is 0 Å². The molecule has 0 radical (unpaired) electrons. The molecule has 48 heavy (non-hydrogen) atoms. The second-order valence-electron chi connectivity index (χ2n) is 12.4. The number of amides is 2. The van der Waals surface area contributed by atoms with Crippen molar-refractivity contribution in [3.8, 4) is 11.3 Å². The summed E-state index contributed by atoms with van der Waals surface area (Å²) in [7, 11) is 1.34. The fourth-order valence-electron chi connectivity index (χ4n) is 5.88. The van der Waals surface area contributed by atoms with Crippen LogP contribution in [0.15, 0.2) is 35.4 Å². The molecule has 256 valence electrons. The zero-order valence-electron chi connectivity index (χ0n) is 27.1. The van der Waals surface area contributed by atoms with Gasteiger partial charge in [-0.1, -0.05) is 0 Å². The lowest BCUT2D eigenvalue weighted by atomic mass is 10.0. The van der Waals surface area contributed by atoms with E-state index in [4.69, 9.17) is 13.7 Å². The maximum absolute atomic E-state index is 15.0. The van der Waals surface area contributed by atoms with Gasteiger partial charge in [-0.25, -0.2) is 22.9 Å². The molecule has 2 aliphatic rings. The minimum Gasteiger partial charge on any atom is -0.456 e. The third kappa shape index (κ3) is 8.01. The van der Waals surface area contributed by atoms with Crippen LogP contribution in [-0.4, -0.2) is 59.8 Å². The van der Waals surface area contributed by atoms with Crippen molar-refractivity contribution in [1.82, 2.24) is 15.3 Å². The van der Waals surface area contributed by atoms with Crippen molar-refractivity contribution in [3.63, 3.8) is 0 Å². The van der Waals surface area contributed by atoms with Gasteiger partial charge in [-0.3, -0.25) is 14.6 Å². The average Bonchev–Trinajstić information content (AvgIpc) is 3.38. The Morgan fingerprint density at radius 1 is 1.06 bits per heavy atom. The number of benzene rings is 1. The fraction of sp³-hybridized carbons (Fsp3) is 0.424. The standard InChI is InChI=1S/C33H36F3N5O6S/c1-17(42)46-26-11-8-20-28(26)37-15-25(30(20)41-12-6-7-18(16-41)38-32(44)47-33(2,3)4)40-31(43)24-10-9-21(34)29(39-24)27-22(35)13-19(48-45-5)14-23(27)36/h9-10,13-15,18,26H,6-8,11-12,16H2,1-5H3,(H,38,44)(H,40,43)/t18-,26?/m0/s1. The molecule has 1 aliphatic carbocycles. The molecule has 1 aliphatic heterocycles. The molecular formula is C33H36F3N5O6S. The summed E-state index contributed by atoms with van der Waals surface area (Å²) in [6, 6.07) is 3.71. The second-order valence-corrected chi connectivity index (χ2v) is 13.4. The SMILES string of the molecule is COSc1cc(F)c(-c2nc(C(=O)Nc3cnc4c(c3N3CCC[C@H](NC(=O)OC(C)(C)C)C3)CCC4OC(C)=O)ccc2F)c(F)c1. The number of hydrogen-bond donors (Lipinski definition) is 2. The number of pyridine rings is 2. The molecule has 3 heterocycles. The quantitative estimate of drug-likeness (QED) is 0.200. The van der Waals surface area contributed by atoms with Gasteiger partial charge in [-0.05, 0) is 70.7 Å². The Labute approximate surface area is 280 Å². The molecule has 3 aromatic rings. The maximum Gasteiger partial charge on any atom is 0.407 e. The lowest BCUT2D eigenvalue weighted by molar-refractivity contribution is -0.146. The molecule has 1 unspecified atom stereocenters. The number of fused-ring (bicyclic) bond motifs is 1. The van der Waals surface area contributed by atoms with Crippen molar-refractivity contribution < 1.29 is 41.2 Å². The number of piperidine rings is 1. The molecule has 2 atom stereocenters. The predicted octanol–water partition coefficient (Wildman–Crippen LogP) is 6.51. The summed E-state index contributed by atoms with van der Waals surface area (Å²) in [5.74, 6) is -4.41. The highest BCUT2D eigenvalue weighted by Crippen LogP contribution is 2.43. The third-order valence-corrected chi connectivity index (χ3v) is 8.26. The van der Waals surface area contributed by atoms with Crippen molar-refractivity contribution in [2.24, 2.45) is 0 Å². The van der Waals surface area contributed by atoms with Crippen LogP contribution in [0.4, 0.5) is 29.3 Å². The van der Waals surface area contributed by atoms with Crippen LogP contribution < -0.4 is 15.5 Å². The molecule has 0 spiro atoms. The fourth-order valence-corrected chi connectivity index (χ4v) is 6.38. The van der Waals surface area contributed by atoms with Crippen LogP contribution in [0.25, 0.3) is 11.3 Å². The Balaban J connectivity index is 1.47. The van der Waals surface area contributed by atoms with Crippen LogP contribution in [-0.2, 0) is 24.9 Å². The molecule has 1 aromatic carbocycles. The van der Waals surface area contributed by atoms with Crippen LogP contribution in [0.2, 0.25) is 0 Å². The number of esters is 1. The van der Waals surface area contributed by atoms with E-state index < -0.39 is 58.4 Å². The first-order valence-electron chi connectivity index (χ1n) is 15.4. The summed E-state index contributed by atoms with van der Waals surface area (Å²) < 4.78 is 60.6. The van der Waals surface area contributed by atoms with Gasteiger partial charge in [0.1, 0.15) is 40.5 Å². The highest BCUT2D eigenvalue weighted by Gasteiger charge is 2.34. The van der Waals surface area contributed by atoms with Gasteiger partial charge in [0.15, 0.2) is 0 Å². The van der Waals surface area contributed by atoms with Gasteiger partial charge in [0.25, 0.3) is 5.91 Å². The number of halogens is 3. The first-order chi connectivity index (χ1) is 22.7. The van der Waals surface area contributed by atoms with E-state index in [1.807, 2.05) is 4.90 Å².